The standard InChI is InChI=1S/C15H26ClNO/c1-11-5-7-13(8-6-11)15(18)17-10-12-3-2-4-14(16)9-12/h11-14H,2-10H2,1H3,(H,17,18). The number of halogens is 1. The Hall–Kier alpha value is -0.240. The van der Waals surface area contributed by atoms with Crippen LogP contribution in [0.25, 0.3) is 0 Å². The molecule has 0 aromatic carbocycles. The van der Waals surface area contributed by atoms with Crippen LogP contribution < -0.4 is 5.32 Å². The average molecular weight is 272 g/mol. The van der Waals surface area contributed by atoms with Crippen LogP contribution in [-0.4, -0.2) is 17.8 Å². The summed E-state index contributed by atoms with van der Waals surface area (Å²) in [5.74, 6) is 1.98. The molecule has 0 aromatic heterocycles. The monoisotopic (exact) mass is 271 g/mol. The fraction of sp³-hybridized carbons (Fsp3) is 0.933. The van der Waals surface area contributed by atoms with Crippen molar-refractivity contribution in [1.82, 2.24) is 5.32 Å². The highest BCUT2D eigenvalue weighted by molar-refractivity contribution is 6.20. The van der Waals surface area contributed by atoms with E-state index in [1.807, 2.05) is 0 Å². The maximum atomic E-state index is 12.1. The summed E-state index contributed by atoms with van der Waals surface area (Å²) < 4.78 is 0. The molecule has 0 spiro atoms. The first-order valence-electron chi connectivity index (χ1n) is 7.57. The van der Waals surface area contributed by atoms with Crippen LogP contribution in [0.5, 0.6) is 0 Å². The van der Waals surface area contributed by atoms with Gasteiger partial charge in [0.1, 0.15) is 0 Å². The fourth-order valence-electron chi connectivity index (χ4n) is 3.32. The number of carbonyl (C=O) groups excluding carboxylic acids is 1. The van der Waals surface area contributed by atoms with Crippen LogP contribution in [0.1, 0.15) is 58.3 Å². The highest BCUT2D eigenvalue weighted by Gasteiger charge is 2.25. The number of nitrogens with one attached hydrogen (secondary N) is 1. The Labute approximate surface area is 116 Å². The molecule has 1 N–H and O–H groups in total. The summed E-state index contributed by atoms with van der Waals surface area (Å²) in [6.07, 6.45) is 9.25. The van der Waals surface area contributed by atoms with E-state index in [-0.39, 0.29) is 5.92 Å². The lowest BCUT2D eigenvalue weighted by atomic mass is 9.82. The molecule has 2 fully saturated rings. The molecule has 2 saturated carbocycles. The minimum atomic E-state index is 0.275. The second kappa shape index (κ2) is 6.79. The maximum Gasteiger partial charge on any atom is 0.223 e. The van der Waals surface area contributed by atoms with Crippen molar-refractivity contribution < 1.29 is 4.79 Å². The molecule has 2 unspecified atom stereocenters. The third kappa shape index (κ3) is 4.15. The molecule has 2 nitrogen and oxygen atoms in total. The predicted octanol–water partition coefficient (Wildman–Crippen LogP) is 3.73. The fourth-order valence-corrected chi connectivity index (χ4v) is 3.73. The zero-order valence-corrected chi connectivity index (χ0v) is 12.2. The maximum absolute atomic E-state index is 12.1. The third-order valence-corrected chi connectivity index (χ3v) is 5.07. The Morgan fingerprint density at radius 2 is 1.89 bits per heavy atom. The van der Waals surface area contributed by atoms with Crippen molar-refractivity contribution in [2.45, 2.75) is 63.7 Å². The Bertz CT molecular complexity index is 274. The van der Waals surface area contributed by atoms with Crippen molar-refractivity contribution in [3.8, 4) is 0 Å². The molecule has 3 heteroatoms. The molecule has 1 amide bonds. The van der Waals surface area contributed by atoms with Crippen molar-refractivity contribution in [3.63, 3.8) is 0 Å². The molecule has 0 bridgehead atoms. The number of amides is 1. The second-order valence-electron chi connectivity index (χ2n) is 6.33. The minimum absolute atomic E-state index is 0.275. The van der Waals surface area contributed by atoms with Crippen LogP contribution in [0.3, 0.4) is 0 Å². The molecule has 104 valence electrons. The van der Waals surface area contributed by atoms with Crippen molar-refractivity contribution in [3.05, 3.63) is 0 Å². The number of rotatable bonds is 3. The quantitative estimate of drug-likeness (QED) is 0.779. The summed E-state index contributed by atoms with van der Waals surface area (Å²) in [6.45, 7) is 3.13. The third-order valence-electron chi connectivity index (χ3n) is 4.67. The van der Waals surface area contributed by atoms with Gasteiger partial charge in [-0.05, 0) is 56.8 Å². The molecule has 0 radical (unpaired) electrons. The van der Waals surface area contributed by atoms with Crippen molar-refractivity contribution in [1.29, 1.82) is 0 Å². The van der Waals surface area contributed by atoms with Crippen LogP contribution in [0.2, 0.25) is 0 Å². The van der Waals surface area contributed by atoms with E-state index in [0.29, 0.717) is 17.2 Å². The normalized spacial score (nSPS) is 37.2. The first-order valence-corrected chi connectivity index (χ1v) is 8.00. The molecule has 2 rings (SSSR count). The lowest BCUT2D eigenvalue weighted by Crippen LogP contribution is -2.37. The van der Waals surface area contributed by atoms with Gasteiger partial charge in [-0.15, -0.1) is 11.6 Å². The van der Waals surface area contributed by atoms with E-state index in [1.54, 1.807) is 0 Å². The lowest BCUT2D eigenvalue weighted by molar-refractivity contribution is -0.126. The summed E-state index contributed by atoms with van der Waals surface area (Å²) in [5.41, 5.74) is 0. The zero-order valence-electron chi connectivity index (χ0n) is 11.5. The van der Waals surface area contributed by atoms with Gasteiger partial charge in [0.25, 0.3) is 0 Å². The molecule has 0 aromatic rings. The Balaban J connectivity index is 1.68. The summed E-state index contributed by atoms with van der Waals surface area (Å²) in [6, 6.07) is 0. The Morgan fingerprint density at radius 3 is 2.56 bits per heavy atom. The number of hydrogen-bond donors (Lipinski definition) is 1. The van der Waals surface area contributed by atoms with Crippen LogP contribution in [-0.2, 0) is 4.79 Å². The summed E-state index contributed by atoms with van der Waals surface area (Å²) >= 11 is 6.18. The van der Waals surface area contributed by atoms with Crippen LogP contribution in [0, 0.1) is 17.8 Å². The zero-order chi connectivity index (χ0) is 13.0. The van der Waals surface area contributed by atoms with Crippen molar-refractivity contribution >= 4 is 17.5 Å². The van der Waals surface area contributed by atoms with Crippen molar-refractivity contribution in [2.75, 3.05) is 6.54 Å². The first kappa shape index (κ1) is 14.2. The second-order valence-corrected chi connectivity index (χ2v) is 6.95. The van der Waals surface area contributed by atoms with Gasteiger partial charge < -0.3 is 5.32 Å². The van der Waals surface area contributed by atoms with Crippen LogP contribution in [0.15, 0.2) is 0 Å². The molecule has 0 heterocycles. The van der Waals surface area contributed by atoms with E-state index in [0.717, 1.165) is 38.1 Å². The first-order chi connectivity index (χ1) is 8.65. The van der Waals surface area contributed by atoms with E-state index >= 15 is 0 Å². The van der Waals surface area contributed by atoms with E-state index < -0.39 is 0 Å². The van der Waals surface area contributed by atoms with Gasteiger partial charge in [-0.3, -0.25) is 4.79 Å². The van der Waals surface area contributed by atoms with Gasteiger partial charge >= 0.3 is 0 Å². The van der Waals surface area contributed by atoms with Gasteiger partial charge in [0.05, 0.1) is 0 Å². The molecule has 2 atom stereocenters. The molecule has 2 aliphatic carbocycles. The molecule has 18 heavy (non-hydrogen) atoms. The van der Waals surface area contributed by atoms with Gasteiger partial charge in [0, 0.05) is 17.8 Å². The molecular weight excluding hydrogens is 246 g/mol. The highest BCUT2D eigenvalue weighted by Crippen LogP contribution is 2.29. The molecule has 0 aliphatic heterocycles. The highest BCUT2D eigenvalue weighted by atomic mass is 35.5. The number of hydrogen-bond acceptors (Lipinski definition) is 1. The van der Waals surface area contributed by atoms with Gasteiger partial charge in [0.15, 0.2) is 0 Å². The molecular formula is C15H26ClNO. The van der Waals surface area contributed by atoms with Crippen molar-refractivity contribution in [2.24, 2.45) is 17.8 Å². The summed E-state index contributed by atoms with van der Waals surface area (Å²) in [4.78, 5) is 12.1. The van der Waals surface area contributed by atoms with Gasteiger partial charge in [-0.25, -0.2) is 0 Å². The van der Waals surface area contributed by atoms with Crippen LogP contribution >= 0.6 is 11.6 Å². The SMILES string of the molecule is CC1CCC(C(=O)NCC2CCCC(Cl)C2)CC1. The topological polar surface area (TPSA) is 29.1 Å². The number of alkyl halides is 1. The number of carbonyl (C=O) groups is 1. The van der Waals surface area contributed by atoms with E-state index in [2.05, 4.69) is 12.2 Å². The largest absolute Gasteiger partial charge is 0.356 e. The minimum Gasteiger partial charge on any atom is -0.356 e. The van der Waals surface area contributed by atoms with Gasteiger partial charge in [0.2, 0.25) is 5.91 Å². The Morgan fingerprint density at radius 1 is 1.17 bits per heavy atom. The van der Waals surface area contributed by atoms with E-state index in [4.69, 9.17) is 11.6 Å². The summed E-state index contributed by atoms with van der Waals surface area (Å²) in [7, 11) is 0. The van der Waals surface area contributed by atoms with Gasteiger partial charge in [-0.1, -0.05) is 13.3 Å². The van der Waals surface area contributed by atoms with Crippen LogP contribution in [0.4, 0.5) is 0 Å². The summed E-state index contributed by atoms with van der Waals surface area (Å²) in [5, 5.41) is 3.49. The molecule has 2 aliphatic rings. The average Bonchev–Trinajstić information content (AvgIpc) is 2.37. The van der Waals surface area contributed by atoms with Gasteiger partial charge in [-0.2, -0.15) is 0 Å². The smallest absolute Gasteiger partial charge is 0.223 e. The lowest BCUT2D eigenvalue weighted by Gasteiger charge is -2.28. The van der Waals surface area contributed by atoms with E-state index in [9.17, 15) is 4.79 Å². The molecule has 0 saturated heterocycles. The predicted molar refractivity (Wildman–Crippen MR) is 75.7 cm³/mol. The Kier molecular flexibility index (Phi) is 5.35. The van der Waals surface area contributed by atoms with E-state index in [1.165, 1.54) is 25.7 Å².